The van der Waals surface area contributed by atoms with Gasteiger partial charge in [-0.1, -0.05) is 97.0 Å². The van der Waals surface area contributed by atoms with E-state index in [1.807, 2.05) is 0 Å². The van der Waals surface area contributed by atoms with Crippen molar-refractivity contribution in [2.24, 2.45) is 0 Å². The quantitative estimate of drug-likeness (QED) is 0.639. The van der Waals surface area contributed by atoms with Crippen molar-refractivity contribution in [2.45, 2.75) is 12.5 Å². The molecule has 3 rings (SSSR count). The predicted molar refractivity (Wildman–Crippen MR) is 94.9 cm³/mol. The van der Waals surface area contributed by atoms with Crippen molar-refractivity contribution in [1.29, 1.82) is 0 Å². The first-order valence-electron chi connectivity index (χ1n) is 7.52. The summed E-state index contributed by atoms with van der Waals surface area (Å²) in [7, 11) is -0.260. The Labute approximate surface area is 129 Å². The molecular formula is C20H20Si. The summed E-state index contributed by atoms with van der Waals surface area (Å²) in [6, 6.07) is 30.6. The van der Waals surface area contributed by atoms with E-state index in [0.717, 1.165) is 0 Å². The van der Waals surface area contributed by atoms with E-state index < -0.39 is 0 Å². The second kappa shape index (κ2) is 6.55. The van der Waals surface area contributed by atoms with Gasteiger partial charge in [0.25, 0.3) is 0 Å². The molecule has 0 bridgehead atoms. The van der Waals surface area contributed by atoms with Gasteiger partial charge in [-0.3, -0.25) is 0 Å². The fourth-order valence-electron chi connectivity index (χ4n) is 2.72. The minimum absolute atomic E-state index is 0.260. The fourth-order valence-corrected chi connectivity index (χ4v) is 4.48. The first-order chi connectivity index (χ1) is 10.3. The molecule has 0 saturated carbocycles. The van der Waals surface area contributed by atoms with Gasteiger partial charge >= 0.3 is 0 Å². The Kier molecular flexibility index (Phi) is 4.32. The van der Waals surface area contributed by atoms with Crippen molar-refractivity contribution >= 4 is 14.7 Å². The molecule has 1 atom stereocenters. The molecule has 0 nitrogen and oxygen atoms in total. The molecule has 1 heteroatoms. The summed E-state index contributed by atoms with van der Waals surface area (Å²) in [4.78, 5) is 0. The van der Waals surface area contributed by atoms with Crippen molar-refractivity contribution in [1.82, 2.24) is 0 Å². The molecule has 0 heterocycles. The number of hydrogen-bond donors (Lipinski definition) is 0. The summed E-state index contributed by atoms with van der Waals surface area (Å²) >= 11 is 0. The Morgan fingerprint density at radius 2 is 1.14 bits per heavy atom. The second-order valence-corrected chi connectivity index (χ2v) is 8.03. The topological polar surface area (TPSA) is 0 Å². The van der Waals surface area contributed by atoms with Crippen LogP contribution in [0.4, 0.5) is 0 Å². The minimum atomic E-state index is -0.260. The van der Waals surface area contributed by atoms with E-state index in [0.29, 0.717) is 5.54 Å². The SMILES string of the molecule is C[C@H]([SiH2]c1ccccc1)c1ccc(-c2ccccc2)cc1. The molecule has 0 saturated heterocycles. The highest BCUT2D eigenvalue weighted by atomic mass is 28.2. The Balaban J connectivity index is 1.75. The van der Waals surface area contributed by atoms with E-state index in [4.69, 9.17) is 0 Å². The fraction of sp³-hybridized carbons (Fsp3) is 0.100. The van der Waals surface area contributed by atoms with Crippen LogP contribution < -0.4 is 5.19 Å². The lowest BCUT2D eigenvalue weighted by atomic mass is 10.0. The molecule has 0 fully saturated rings. The predicted octanol–water partition coefficient (Wildman–Crippen LogP) is 3.91. The summed E-state index contributed by atoms with van der Waals surface area (Å²) in [6.45, 7) is 2.36. The number of benzene rings is 3. The van der Waals surface area contributed by atoms with Crippen molar-refractivity contribution in [3.8, 4) is 11.1 Å². The van der Waals surface area contributed by atoms with E-state index >= 15 is 0 Å². The van der Waals surface area contributed by atoms with Gasteiger partial charge in [-0.2, -0.15) is 0 Å². The zero-order valence-corrected chi connectivity index (χ0v) is 13.8. The van der Waals surface area contributed by atoms with Gasteiger partial charge in [-0.15, -0.1) is 0 Å². The summed E-state index contributed by atoms with van der Waals surface area (Å²) in [5.41, 5.74) is 4.73. The van der Waals surface area contributed by atoms with Gasteiger partial charge in [-0.05, 0) is 22.2 Å². The van der Waals surface area contributed by atoms with Crippen LogP contribution >= 0.6 is 0 Å². The molecule has 0 aromatic heterocycles. The molecule has 3 aromatic carbocycles. The summed E-state index contributed by atoms with van der Waals surface area (Å²) < 4.78 is 0. The number of hydrogen-bond acceptors (Lipinski definition) is 0. The molecule has 3 aromatic rings. The minimum Gasteiger partial charge on any atom is -0.0663 e. The largest absolute Gasteiger partial charge is 0.0663 e. The van der Waals surface area contributed by atoms with Gasteiger partial charge in [-0.25, -0.2) is 0 Å². The maximum Gasteiger partial charge on any atom is 0.0620 e. The smallest absolute Gasteiger partial charge is 0.0620 e. The summed E-state index contributed by atoms with van der Waals surface area (Å²) in [5.74, 6) is 0. The van der Waals surface area contributed by atoms with Crippen molar-refractivity contribution in [3.63, 3.8) is 0 Å². The first-order valence-corrected chi connectivity index (χ1v) is 9.04. The highest BCUT2D eigenvalue weighted by Gasteiger charge is 2.07. The molecule has 0 spiro atoms. The Hall–Kier alpha value is -2.12. The first kappa shape index (κ1) is 13.8. The molecule has 0 aliphatic carbocycles. The van der Waals surface area contributed by atoms with Gasteiger partial charge in [0, 0.05) is 0 Å². The van der Waals surface area contributed by atoms with Crippen LogP contribution in [0.3, 0.4) is 0 Å². The van der Waals surface area contributed by atoms with Crippen LogP contribution in [0.25, 0.3) is 11.1 Å². The zero-order valence-electron chi connectivity index (χ0n) is 12.4. The monoisotopic (exact) mass is 288 g/mol. The standard InChI is InChI=1S/C20H20Si/c1-16(21-20-10-6-3-7-11-20)17-12-14-19(15-13-17)18-8-4-2-5-9-18/h2-16H,21H2,1H3/t16-/m0/s1. The maximum atomic E-state index is 2.36. The third-order valence-electron chi connectivity index (χ3n) is 3.97. The molecule has 0 N–H and O–H groups in total. The van der Waals surface area contributed by atoms with Gasteiger partial charge < -0.3 is 0 Å². The third kappa shape index (κ3) is 3.50. The number of rotatable bonds is 4. The van der Waals surface area contributed by atoms with Gasteiger partial charge in [0.2, 0.25) is 0 Å². The lowest BCUT2D eigenvalue weighted by Gasteiger charge is -2.12. The van der Waals surface area contributed by atoms with Crippen LogP contribution in [0.1, 0.15) is 18.0 Å². The van der Waals surface area contributed by atoms with E-state index in [9.17, 15) is 0 Å². The van der Waals surface area contributed by atoms with E-state index in [2.05, 4.69) is 91.9 Å². The van der Waals surface area contributed by atoms with Crippen LogP contribution in [0.5, 0.6) is 0 Å². The third-order valence-corrected chi connectivity index (χ3v) is 6.00. The highest BCUT2D eigenvalue weighted by molar-refractivity contribution is 6.54. The second-order valence-electron chi connectivity index (χ2n) is 5.58. The van der Waals surface area contributed by atoms with Gasteiger partial charge in [0.15, 0.2) is 0 Å². The van der Waals surface area contributed by atoms with Crippen LogP contribution in [-0.4, -0.2) is 9.52 Å². The molecule has 21 heavy (non-hydrogen) atoms. The summed E-state index contributed by atoms with van der Waals surface area (Å²) in [5, 5.41) is 1.54. The van der Waals surface area contributed by atoms with Crippen LogP contribution in [0.15, 0.2) is 84.9 Å². The molecule has 0 amide bonds. The normalized spacial score (nSPS) is 12.6. The Morgan fingerprint density at radius 1 is 0.619 bits per heavy atom. The molecule has 0 aliphatic rings. The average molecular weight is 288 g/mol. The van der Waals surface area contributed by atoms with E-state index in [1.165, 1.54) is 21.9 Å². The Morgan fingerprint density at radius 3 is 1.76 bits per heavy atom. The molecule has 0 aliphatic heterocycles. The van der Waals surface area contributed by atoms with Crippen LogP contribution in [0, 0.1) is 0 Å². The van der Waals surface area contributed by atoms with E-state index in [-0.39, 0.29) is 9.52 Å². The van der Waals surface area contributed by atoms with Crippen LogP contribution in [0.2, 0.25) is 0 Å². The molecular weight excluding hydrogens is 268 g/mol. The van der Waals surface area contributed by atoms with Crippen molar-refractivity contribution in [2.75, 3.05) is 0 Å². The molecule has 0 unspecified atom stereocenters. The summed E-state index contributed by atoms with van der Waals surface area (Å²) in [6.07, 6.45) is 0. The lowest BCUT2D eigenvalue weighted by Crippen LogP contribution is -2.19. The van der Waals surface area contributed by atoms with Crippen LogP contribution in [-0.2, 0) is 0 Å². The van der Waals surface area contributed by atoms with Gasteiger partial charge in [0.1, 0.15) is 0 Å². The highest BCUT2D eigenvalue weighted by Crippen LogP contribution is 2.22. The Bertz CT molecular complexity index is 672. The molecule has 0 radical (unpaired) electrons. The average Bonchev–Trinajstić information content (AvgIpc) is 2.57. The van der Waals surface area contributed by atoms with E-state index in [1.54, 1.807) is 0 Å². The van der Waals surface area contributed by atoms with Crippen molar-refractivity contribution in [3.05, 3.63) is 90.5 Å². The van der Waals surface area contributed by atoms with Gasteiger partial charge in [0.05, 0.1) is 9.52 Å². The zero-order chi connectivity index (χ0) is 14.5. The maximum absolute atomic E-state index is 2.36. The molecule has 104 valence electrons. The van der Waals surface area contributed by atoms with Crippen molar-refractivity contribution < 1.29 is 0 Å². The lowest BCUT2D eigenvalue weighted by molar-refractivity contribution is 1.07.